The molecule has 2 aliphatic rings. The fourth-order valence-corrected chi connectivity index (χ4v) is 2.56. The molecule has 0 aromatic carbocycles. The van der Waals surface area contributed by atoms with E-state index in [1.807, 2.05) is 0 Å². The molecule has 0 bridgehead atoms. The van der Waals surface area contributed by atoms with Crippen LogP contribution in [-0.4, -0.2) is 17.6 Å². The van der Waals surface area contributed by atoms with Crippen molar-refractivity contribution in [1.82, 2.24) is 0 Å². The fourth-order valence-electron chi connectivity index (χ4n) is 2.56. The third-order valence-corrected chi connectivity index (χ3v) is 4.03. The minimum Gasteiger partial charge on any atom is -0.481 e. The lowest BCUT2D eigenvalue weighted by Gasteiger charge is -2.41. The maximum absolute atomic E-state index is 11.4. The van der Waals surface area contributed by atoms with E-state index in [-0.39, 0.29) is 0 Å². The van der Waals surface area contributed by atoms with Gasteiger partial charge in [-0.25, -0.2) is 0 Å². The molecule has 0 amide bonds. The highest BCUT2D eigenvalue weighted by molar-refractivity contribution is 5.75. The predicted octanol–water partition coefficient (Wildman–Crippen LogP) is 1.62. The third kappa shape index (κ3) is 1.54. The zero-order valence-electron chi connectivity index (χ0n) is 8.54. The summed E-state index contributed by atoms with van der Waals surface area (Å²) in [6.07, 6.45) is 6.56. The van der Waals surface area contributed by atoms with Gasteiger partial charge in [0.15, 0.2) is 0 Å². The Labute approximate surface area is 84.7 Å². The molecule has 3 nitrogen and oxygen atoms in total. The molecule has 0 aromatic heterocycles. The Hall–Kier alpha value is -0.570. The Bertz CT molecular complexity index is 233. The standard InChI is InChI=1S/C11H19NO2/c12-7-11(10(13)14,6-8-4-5-8)9-2-1-3-9/h8-9H,1-7,12H2,(H,13,14). The molecule has 3 N–H and O–H groups in total. The lowest BCUT2D eigenvalue weighted by Crippen LogP contribution is -2.47. The van der Waals surface area contributed by atoms with Crippen molar-refractivity contribution in [3.63, 3.8) is 0 Å². The summed E-state index contributed by atoms with van der Waals surface area (Å²) in [6, 6.07) is 0. The van der Waals surface area contributed by atoms with Crippen molar-refractivity contribution in [2.75, 3.05) is 6.54 Å². The number of carboxylic acid groups (broad SMARTS) is 1. The number of hydrogen-bond acceptors (Lipinski definition) is 2. The first-order valence-electron chi connectivity index (χ1n) is 5.62. The first kappa shape index (κ1) is 9.97. The number of nitrogens with two attached hydrogens (primary N) is 1. The summed E-state index contributed by atoms with van der Waals surface area (Å²) in [5, 5.41) is 9.36. The first-order chi connectivity index (χ1) is 6.69. The van der Waals surface area contributed by atoms with Crippen molar-refractivity contribution in [3.8, 4) is 0 Å². The average Bonchev–Trinajstić information content (AvgIpc) is 2.83. The molecular weight excluding hydrogens is 178 g/mol. The monoisotopic (exact) mass is 197 g/mol. The van der Waals surface area contributed by atoms with Crippen LogP contribution in [0.1, 0.15) is 38.5 Å². The van der Waals surface area contributed by atoms with Crippen LogP contribution >= 0.6 is 0 Å². The SMILES string of the molecule is NCC(CC1CC1)(C(=O)O)C1CCC1. The minimum absolute atomic E-state index is 0.323. The molecule has 2 fully saturated rings. The topological polar surface area (TPSA) is 63.3 Å². The van der Waals surface area contributed by atoms with E-state index in [0.29, 0.717) is 18.4 Å². The summed E-state index contributed by atoms with van der Waals surface area (Å²) in [5.74, 6) is 0.345. The van der Waals surface area contributed by atoms with Gasteiger partial charge in [-0.05, 0) is 31.1 Å². The fraction of sp³-hybridized carbons (Fsp3) is 0.909. The van der Waals surface area contributed by atoms with Crippen LogP contribution in [-0.2, 0) is 4.79 Å². The van der Waals surface area contributed by atoms with Crippen LogP contribution < -0.4 is 5.73 Å². The number of hydrogen-bond donors (Lipinski definition) is 2. The van der Waals surface area contributed by atoms with Crippen molar-refractivity contribution >= 4 is 5.97 Å². The van der Waals surface area contributed by atoms with Crippen LogP contribution in [0.25, 0.3) is 0 Å². The second kappa shape index (κ2) is 3.54. The maximum atomic E-state index is 11.4. The van der Waals surface area contributed by atoms with E-state index >= 15 is 0 Å². The summed E-state index contributed by atoms with van der Waals surface area (Å²) in [7, 11) is 0. The van der Waals surface area contributed by atoms with Gasteiger partial charge in [0.2, 0.25) is 0 Å². The zero-order valence-corrected chi connectivity index (χ0v) is 8.54. The molecule has 2 rings (SSSR count). The van der Waals surface area contributed by atoms with Crippen LogP contribution in [0.3, 0.4) is 0 Å². The lowest BCUT2D eigenvalue weighted by atomic mass is 9.63. The molecule has 0 spiro atoms. The summed E-state index contributed by atoms with van der Waals surface area (Å²) >= 11 is 0. The molecule has 14 heavy (non-hydrogen) atoms. The van der Waals surface area contributed by atoms with E-state index in [4.69, 9.17) is 5.73 Å². The Morgan fingerprint density at radius 1 is 1.36 bits per heavy atom. The van der Waals surface area contributed by atoms with Crippen LogP contribution in [0.2, 0.25) is 0 Å². The molecule has 2 aliphatic carbocycles. The molecule has 2 saturated carbocycles. The van der Waals surface area contributed by atoms with Gasteiger partial charge in [0.1, 0.15) is 0 Å². The quantitative estimate of drug-likeness (QED) is 0.704. The predicted molar refractivity (Wildman–Crippen MR) is 53.8 cm³/mol. The van der Waals surface area contributed by atoms with Crippen molar-refractivity contribution in [3.05, 3.63) is 0 Å². The van der Waals surface area contributed by atoms with Crippen molar-refractivity contribution in [2.45, 2.75) is 38.5 Å². The van der Waals surface area contributed by atoms with Gasteiger partial charge in [-0.2, -0.15) is 0 Å². The van der Waals surface area contributed by atoms with Gasteiger partial charge in [0.05, 0.1) is 5.41 Å². The largest absolute Gasteiger partial charge is 0.481 e. The number of aliphatic carboxylic acids is 1. The first-order valence-corrected chi connectivity index (χ1v) is 5.62. The molecular formula is C11H19NO2. The molecule has 0 radical (unpaired) electrons. The second-order valence-electron chi connectivity index (χ2n) is 4.94. The van der Waals surface area contributed by atoms with E-state index in [0.717, 1.165) is 19.3 Å². The van der Waals surface area contributed by atoms with Gasteiger partial charge in [0, 0.05) is 6.54 Å². The minimum atomic E-state index is -0.656. The van der Waals surface area contributed by atoms with Crippen LogP contribution in [0.15, 0.2) is 0 Å². The highest BCUT2D eigenvalue weighted by Crippen LogP contribution is 2.49. The summed E-state index contributed by atoms with van der Waals surface area (Å²) in [6.45, 7) is 0.323. The molecule has 3 heteroatoms. The van der Waals surface area contributed by atoms with Crippen molar-refractivity contribution in [1.29, 1.82) is 0 Å². The highest BCUT2D eigenvalue weighted by atomic mass is 16.4. The van der Waals surface area contributed by atoms with Gasteiger partial charge in [-0.1, -0.05) is 19.3 Å². The van der Waals surface area contributed by atoms with Gasteiger partial charge < -0.3 is 10.8 Å². The van der Waals surface area contributed by atoms with E-state index < -0.39 is 11.4 Å². The van der Waals surface area contributed by atoms with Crippen LogP contribution in [0, 0.1) is 17.3 Å². The molecule has 80 valence electrons. The number of rotatable bonds is 5. The normalized spacial score (nSPS) is 26.6. The Kier molecular flexibility index (Phi) is 2.52. The Morgan fingerprint density at radius 2 is 2.00 bits per heavy atom. The zero-order chi connectivity index (χ0) is 10.2. The van der Waals surface area contributed by atoms with E-state index in [9.17, 15) is 9.90 Å². The van der Waals surface area contributed by atoms with E-state index in [2.05, 4.69) is 0 Å². The molecule has 0 saturated heterocycles. The highest BCUT2D eigenvalue weighted by Gasteiger charge is 2.49. The average molecular weight is 197 g/mol. The smallest absolute Gasteiger partial charge is 0.311 e. The summed E-state index contributed by atoms with van der Waals surface area (Å²) in [4.78, 5) is 11.4. The molecule has 1 atom stereocenters. The maximum Gasteiger partial charge on any atom is 0.311 e. The van der Waals surface area contributed by atoms with Crippen molar-refractivity contribution in [2.24, 2.45) is 23.0 Å². The van der Waals surface area contributed by atoms with E-state index in [1.54, 1.807) is 0 Å². The summed E-state index contributed by atoms with van der Waals surface area (Å²) < 4.78 is 0. The third-order valence-electron chi connectivity index (χ3n) is 4.03. The van der Waals surface area contributed by atoms with E-state index in [1.165, 1.54) is 19.3 Å². The molecule has 1 unspecified atom stereocenters. The molecule has 0 aliphatic heterocycles. The molecule has 0 aromatic rings. The summed E-state index contributed by atoms with van der Waals surface area (Å²) in [5.41, 5.74) is 5.13. The van der Waals surface area contributed by atoms with Gasteiger partial charge >= 0.3 is 5.97 Å². The Morgan fingerprint density at radius 3 is 2.29 bits per heavy atom. The lowest BCUT2D eigenvalue weighted by molar-refractivity contribution is -0.155. The van der Waals surface area contributed by atoms with Gasteiger partial charge in [-0.3, -0.25) is 4.79 Å². The van der Waals surface area contributed by atoms with Crippen LogP contribution in [0.5, 0.6) is 0 Å². The number of carbonyl (C=O) groups is 1. The van der Waals surface area contributed by atoms with Gasteiger partial charge in [0.25, 0.3) is 0 Å². The second-order valence-corrected chi connectivity index (χ2v) is 4.94. The van der Waals surface area contributed by atoms with Gasteiger partial charge in [-0.15, -0.1) is 0 Å². The van der Waals surface area contributed by atoms with Crippen LogP contribution in [0.4, 0.5) is 0 Å². The molecule has 0 heterocycles. The van der Waals surface area contributed by atoms with Crippen molar-refractivity contribution < 1.29 is 9.90 Å². The Balaban J connectivity index is 2.09. The number of carboxylic acids is 1.